The minimum Gasteiger partial charge on any atom is -0.475 e. The SMILES string of the molecule is CCn1c(CN2CCN(C)CC2)cnc1C(=O)O. The summed E-state index contributed by atoms with van der Waals surface area (Å²) >= 11 is 0. The minimum absolute atomic E-state index is 0.140. The quantitative estimate of drug-likeness (QED) is 0.837. The predicted octanol–water partition coefficient (Wildman–Crippen LogP) is 0.349. The molecule has 1 saturated heterocycles. The molecule has 0 aliphatic carbocycles. The van der Waals surface area contributed by atoms with E-state index in [1.54, 1.807) is 10.8 Å². The highest BCUT2D eigenvalue weighted by molar-refractivity contribution is 5.83. The van der Waals surface area contributed by atoms with Gasteiger partial charge >= 0.3 is 5.97 Å². The van der Waals surface area contributed by atoms with Gasteiger partial charge in [0.05, 0.1) is 11.9 Å². The normalized spacial score (nSPS) is 18.1. The molecular weight excluding hydrogens is 232 g/mol. The number of carbonyl (C=O) groups is 1. The van der Waals surface area contributed by atoms with Crippen LogP contribution in [0.15, 0.2) is 6.20 Å². The van der Waals surface area contributed by atoms with Crippen molar-refractivity contribution in [1.82, 2.24) is 19.4 Å². The number of hydrogen-bond donors (Lipinski definition) is 1. The lowest BCUT2D eigenvalue weighted by molar-refractivity contribution is 0.0677. The van der Waals surface area contributed by atoms with E-state index < -0.39 is 5.97 Å². The Hall–Kier alpha value is -1.40. The zero-order valence-electron chi connectivity index (χ0n) is 11.0. The summed E-state index contributed by atoms with van der Waals surface area (Å²) in [5, 5.41) is 9.05. The van der Waals surface area contributed by atoms with Gasteiger partial charge in [0.15, 0.2) is 0 Å². The van der Waals surface area contributed by atoms with Gasteiger partial charge in [0.2, 0.25) is 5.82 Å². The van der Waals surface area contributed by atoms with Crippen LogP contribution >= 0.6 is 0 Å². The van der Waals surface area contributed by atoms with Crippen LogP contribution in [0, 0.1) is 0 Å². The molecule has 2 heterocycles. The average Bonchev–Trinajstić information content (AvgIpc) is 2.75. The van der Waals surface area contributed by atoms with Crippen LogP contribution in [0.4, 0.5) is 0 Å². The van der Waals surface area contributed by atoms with Crippen molar-refractivity contribution in [3.8, 4) is 0 Å². The summed E-state index contributed by atoms with van der Waals surface area (Å²) in [7, 11) is 2.12. The van der Waals surface area contributed by atoms with Crippen LogP contribution in [0.25, 0.3) is 0 Å². The standard InChI is InChI=1S/C12H20N4O2/c1-3-16-10(8-13-11(16)12(17)18)9-15-6-4-14(2)5-7-15/h8H,3-7,9H2,1-2H3,(H,17,18). The Bertz CT molecular complexity index is 422. The summed E-state index contributed by atoms with van der Waals surface area (Å²) in [6.45, 7) is 7.54. The first kappa shape index (κ1) is 13.0. The summed E-state index contributed by atoms with van der Waals surface area (Å²) in [5.74, 6) is -0.817. The van der Waals surface area contributed by atoms with Crippen LogP contribution in [-0.2, 0) is 13.1 Å². The zero-order valence-corrected chi connectivity index (χ0v) is 11.0. The van der Waals surface area contributed by atoms with Crippen molar-refractivity contribution in [2.75, 3.05) is 33.2 Å². The van der Waals surface area contributed by atoms with Crippen LogP contribution in [0.1, 0.15) is 23.2 Å². The molecule has 18 heavy (non-hydrogen) atoms. The van der Waals surface area contributed by atoms with Crippen molar-refractivity contribution in [1.29, 1.82) is 0 Å². The molecule has 1 aliphatic heterocycles. The van der Waals surface area contributed by atoms with Crippen LogP contribution in [0.3, 0.4) is 0 Å². The molecular formula is C12H20N4O2. The molecule has 1 aliphatic rings. The fourth-order valence-corrected chi connectivity index (χ4v) is 2.30. The number of hydrogen-bond acceptors (Lipinski definition) is 4. The highest BCUT2D eigenvalue weighted by Gasteiger charge is 2.19. The van der Waals surface area contributed by atoms with Gasteiger partial charge in [-0.05, 0) is 14.0 Å². The highest BCUT2D eigenvalue weighted by atomic mass is 16.4. The van der Waals surface area contributed by atoms with Gasteiger partial charge in [0.25, 0.3) is 0 Å². The molecule has 0 saturated carbocycles. The van der Waals surface area contributed by atoms with E-state index in [4.69, 9.17) is 5.11 Å². The number of imidazole rings is 1. The third kappa shape index (κ3) is 2.70. The molecule has 0 bridgehead atoms. The zero-order chi connectivity index (χ0) is 13.1. The number of rotatable bonds is 4. The monoisotopic (exact) mass is 252 g/mol. The molecule has 6 heteroatoms. The Labute approximate surface area is 107 Å². The number of piperazine rings is 1. The maximum atomic E-state index is 11.0. The minimum atomic E-state index is -0.957. The number of nitrogens with zero attached hydrogens (tertiary/aromatic N) is 4. The van der Waals surface area contributed by atoms with Crippen molar-refractivity contribution in [2.24, 2.45) is 0 Å². The summed E-state index contributed by atoms with van der Waals surface area (Å²) < 4.78 is 1.78. The van der Waals surface area contributed by atoms with Gasteiger partial charge in [0, 0.05) is 39.3 Å². The molecule has 2 rings (SSSR count). The highest BCUT2D eigenvalue weighted by Crippen LogP contribution is 2.11. The molecule has 0 atom stereocenters. The van der Waals surface area contributed by atoms with E-state index in [1.165, 1.54) is 0 Å². The molecule has 0 radical (unpaired) electrons. The number of aromatic nitrogens is 2. The predicted molar refractivity (Wildman–Crippen MR) is 67.6 cm³/mol. The van der Waals surface area contributed by atoms with Gasteiger partial charge in [-0.3, -0.25) is 4.90 Å². The van der Waals surface area contributed by atoms with Crippen LogP contribution < -0.4 is 0 Å². The van der Waals surface area contributed by atoms with Crippen LogP contribution in [0.5, 0.6) is 0 Å². The van der Waals surface area contributed by atoms with Crippen molar-refractivity contribution in [2.45, 2.75) is 20.0 Å². The molecule has 1 N–H and O–H groups in total. The fourth-order valence-electron chi connectivity index (χ4n) is 2.30. The van der Waals surface area contributed by atoms with E-state index in [9.17, 15) is 4.79 Å². The lowest BCUT2D eigenvalue weighted by Crippen LogP contribution is -2.44. The molecule has 1 aromatic rings. The Morgan fingerprint density at radius 2 is 2.06 bits per heavy atom. The smallest absolute Gasteiger partial charge is 0.372 e. The van der Waals surface area contributed by atoms with Gasteiger partial charge in [-0.1, -0.05) is 0 Å². The maximum absolute atomic E-state index is 11.0. The average molecular weight is 252 g/mol. The molecule has 0 spiro atoms. The Morgan fingerprint density at radius 3 is 2.61 bits per heavy atom. The lowest BCUT2D eigenvalue weighted by Gasteiger charge is -2.32. The Balaban J connectivity index is 2.07. The first-order valence-electron chi connectivity index (χ1n) is 6.30. The van der Waals surface area contributed by atoms with Crippen molar-refractivity contribution in [3.05, 3.63) is 17.7 Å². The van der Waals surface area contributed by atoms with E-state index in [-0.39, 0.29) is 5.82 Å². The van der Waals surface area contributed by atoms with E-state index in [0.717, 1.165) is 38.4 Å². The third-order valence-electron chi connectivity index (χ3n) is 3.43. The summed E-state index contributed by atoms with van der Waals surface area (Å²) in [5.41, 5.74) is 0.986. The van der Waals surface area contributed by atoms with E-state index in [1.807, 2.05) is 6.92 Å². The van der Waals surface area contributed by atoms with E-state index >= 15 is 0 Å². The first-order valence-corrected chi connectivity index (χ1v) is 6.30. The van der Waals surface area contributed by atoms with Crippen molar-refractivity contribution in [3.63, 3.8) is 0 Å². The van der Waals surface area contributed by atoms with Gasteiger partial charge in [-0.25, -0.2) is 9.78 Å². The molecule has 100 valence electrons. The van der Waals surface area contributed by atoms with Crippen molar-refractivity contribution < 1.29 is 9.90 Å². The number of aromatic carboxylic acids is 1. The molecule has 1 fully saturated rings. The first-order chi connectivity index (χ1) is 8.61. The second kappa shape index (κ2) is 5.49. The van der Waals surface area contributed by atoms with Gasteiger partial charge < -0.3 is 14.6 Å². The van der Waals surface area contributed by atoms with Gasteiger partial charge in [-0.15, -0.1) is 0 Å². The molecule has 1 aromatic heterocycles. The molecule has 0 aromatic carbocycles. The maximum Gasteiger partial charge on any atom is 0.372 e. The second-order valence-electron chi connectivity index (χ2n) is 4.70. The van der Waals surface area contributed by atoms with Crippen molar-refractivity contribution >= 4 is 5.97 Å². The van der Waals surface area contributed by atoms with Gasteiger partial charge in [0.1, 0.15) is 0 Å². The Morgan fingerprint density at radius 1 is 1.39 bits per heavy atom. The van der Waals surface area contributed by atoms with Gasteiger partial charge in [-0.2, -0.15) is 0 Å². The summed E-state index contributed by atoms with van der Waals surface area (Å²) in [4.78, 5) is 19.7. The van der Waals surface area contributed by atoms with E-state index in [2.05, 4.69) is 21.8 Å². The summed E-state index contributed by atoms with van der Waals surface area (Å²) in [6.07, 6.45) is 1.69. The summed E-state index contributed by atoms with van der Waals surface area (Å²) in [6, 6.07) is 0. The lowest BCUT2D eigenvalue weighted by atomic mass is 10.3. The van der Waals surface area contributed by atoms with E-state index in [0.29, 0.717) is 6.54 Å². The Kier molecular flexibility index (Phi) is 3.98. The number of carboxylic acid groups (broad SMARTS) is 1. The molecule has 6 nitrogen and oxygen atoms in total. The second-order valence-corrected chi connectivity index (χ2v) is 4.70. The number of carboxylic acids is 1. The largest absolute Gasteiger partial charge is 0.475 e. The number of likely N-dealkylation sites (N-methyl/N-ethyl adjacent to an activating group) is 1. The van der Waals surface area contributed by atoms with Crippen LogP contribution in [0.2, 0.25) is 0 Å². The van der Waals surface area contributed by atoms with Crippen LogP contribution in [-0.4, -0.2) is 63.7 Å². The fraction of sp³-hybridized carbons (Fsp3) is 0.667. The molecule has 0 unspecified atom stereocenters. The third-order valence-corrected chi connectivity index (χ3v) is 3.43. The molecule has 0 amide bonds. The topological polar surface area (TPSA) is 61.6 Å².